The maximum absolute atomic E-state index is 12.7. The summed E-state index contributed by atoms with van der Waals surface area (Å²) in [7, 11) is -2.64. The minimum absolute atomic E-state index is 0.00342. The summed E-state index contributed by atoms with van der Waals surface area (Å²) in [5.74, 6) is -0.245. The highest BCUT2D eigenvalue weighted by molar-refractivity contribution is 7.87. The van der Waals surface area contributed by atoms with Crippen LogP contribution in [0.4, 0.5) is 5.69 Å². The minimum atomic E-state index is -4.10. The first-order valence-electron chi connectivity index (χ1n) is 9.50. The SMILES string of the molecule is COc1ccccc1NC(=O)/C(C#N)=C/c1ccccc1OS(=O)(=O)c1ccc(C)cc1. The van der Waals surface area contributed by atoms with Crippen LogP contribution in [0, 0.1) is 18.3 Å². The number of hydrogen-bond donors (Lipinski definition) is 1. The van der Waals surface area contributed by atoms with Crippen molar-refractivity contribution in [3.8, 4) is 17.6 Å². The van der Waals surface area contributed by atoms with Gasteiger partial charge in [0.1, 0.15) is 28.0 Å². The standard InChI is InChI=1S/C24H20N2O5S/c1-17-11-13-20(14-12-17)32(28,29)31-22-9-5-3-7-18(22)15-19(16-25)24(27)26-21-8-4-6-10-23(21)30-2/h3-15H,1-2H3,(H,26,27)/b19-15+. The van der Waals surface area contributed by atoms with Crippen molar-refractivity contribution in [1.29, 1.82) is 5.26 Å². The Balaban J connectivity index is 1.90. The summed E-state index contributed by atoms with van der Waals surface area (Å²) < 4.78 is 35.8. The highest BCUT2D eigenvalue weighted by Crippen LogP contribution is 2.27. The zero-order valence-electron chi connectivity index (χ0n) is 17.4. The molecule has 0 aliphatic carbocycles. The maximum Gasteiger partial charge on any atom is 0.339 e. The number of ether oxygens (including phenoxy) is 1. The molecule has 0 aliphatic rings. The molecule has 7 nitrogen and oxygen atoms in total. The van der Waals surface area contributed by atoms with Crippen molar-refractivity contribution >= 4 is 27.8 Å². The van der Waals surface area contributed by atoms with Crippen LogP contribution in [0.15, 0.2) is 83.3 Å². The molecule has 3 aromatic carbocycles. The van der Waals surface area contributed by atoms with Crippen molar-refractivity contribution in [3.05, 3.63) is 89.5 Å². The molecule has 0 aliphatic heterocycles. The van der Waals surface area contributed by atoms with E-state index in [-0.39, 0.29) is 21.8 Å². The van der Waals surface area contributed by atoms with Gasteiger partial charge in [-0.15, -0.1) is 0 Å². The van der Waals surface area contributed by atoms with Crippen molar-refractivity contribution in [2.45, 2.75) is 11.8 Å². The smallest absolute Gasteiger partial charge is 0.339 e. The van der Waals surface area contributed by atoms with Crippen molar-refractivity contribution in [1.82, 2.24) is 0 Å². The normalized spacial score (nSPS) is 11.3. The number of hydrogen-bond acceptors (Lipinski definition) is 6. The lowest BCUT2D eigenvalue weighted by molar-refractivity contribution is -0.112. The van der Waals surface area contributed by atoms with Gasteiger partial charge in [0.05, 0.1) is 12.8 Å². The number of carbonyl (C=O) groups excluding carboxylic acids is 1. The summed E-state index contributed by atoms with van der Waals surface area (Å²) in [4.78, 5) is 12.6. The van der Waals surface area contributed by atoms with E-state index in [4.69, 9.17) is 8.92 Å². The van der Waals surface area contributed by atoms with E-state index in [9.17, 15) is 18.5 Å². The summed E-state index contributed by atoms with van der Waals surface area (Å²) >= 11 is 0. The Kier molecular flexibility index (Phi) is 6.93. The highest BCUT2D eigenvalue weighted by Gasteiger charge is 2.19. The van der Waals surface area contributed by atoms with E-state index in [1.165, 1.54) is 31.4 Å². The molecule has 8 heteroatoms. The van der Waals surface area contributed by atoms with Crippen LogP contribution in [0.1, 0.15) is 11.1 Å². The third kappa shape index (κ3) is 5.33. The van der Waals surface area contributed by atoms with E-state index in [0.717, 1.165) is 5.56 Å². The van der Waals surface area contributed by atoms with Gasteiger partial charge >= 0.3 is 10.1 Å². The van der Waals surface area contributed by atoms with Gasteiger partial charge in [0.2, 0.25) is 0 Å². The van der Waals surface area contributed by atoms with Crippen LogP contribution in [-0.2, 0) is 14.9 Å². The number of anilines is 1. The third-order valence-corrected chi connectivity index (χ3v) is 5.70. The Morgan fingerprint density at radius 2 is 1.59 bits per heavy atom. The number of benzene rings is 3. The first-order chi connectivity index (χ1) is 15.3. The highest BCUT2D eigenvalue weighted by atomic mass is 32.2. The molecule has 0 heterocycles. The predicted molar refractivity (Wildman–Crippen MR) is 121 cm³/mol. The van der Waals surface area contributed by atoms with Crippen LogP contribution in [-0.4, -0.2) is 21.4 Å². The molecular weight excluding hydrogens is 428 g/mol. The van der Waals surface area contributed by atoms with Gasteiger partial charge in [-0.05, 0) is 43.3 Å². The molecule has 3 rings (SSSR count). The molecule has 32 heavy (non-hydrogen) atoms. The molecule has 1 N–H and O–H groups in total. The van der Waals surface area contributed by atoms with E-state index in [0.29, 0.717) is 11.4 Å². The van der Waals surface area contributed by atoms with Crippen LogP contribution in [0.5, 0.6) is 11.5 Å². The largest absolute Gasteiger partial charge is 0.495 e. The molecule has 0 aromatic heterocycles. The number of methoxy groups -OCH3 is 1. The quantitative estimate of drug-likeness (QED) is 0.328. The fourth-order valence-electron chi connectivity index (χ4n) is 2.79. The van der Waals surface area contributed by atoms with Gasteiger partial charge in [-0.1, -0.05) is 48.0 Å². The van der Waals surface area contributed by atoms with Gasteiger partial charge in [-0.25, -0.2) is 0 Å². The molecule has 0 bridgehead atoms. The van der Waals surface area contributed by atoms with Gasteiger partial charge in [0.15, 0.2) is 0 Å². The maximum atomic E-state index is 12.7. The molecule has 0 saturated heterocycles. The van der Waals surface area contributed by atoms with Gasteiger partial charge < -0.3 is 14.2 Å². The van der Waals surface area contributed by atoms with Gasteiger partial charge in [-0.3, -0.25) is 4.79 Å². The number of carbonyl (C=O) groups is 1. The summed E-state index contributed by atoms with van der Waals surface area (Å²) in [6.07, 6.45) is 1.27. The first-order valence-corrected chi connectivity index (χ1v) is 10.9. The molecule has 0 fully saturated rings. The van der Waals surface area contributed by atoms with E-state index in [1.54, 1.807) is 54.6 Å². The fraction of sp³-hybridized carbons (Fsp3) is 0.0833. The lowest BCUT2D eigenvalue weighted by Gasteiger charge is -2.11. The van der Waals surface area contributed by atoms with Crippen LogP contribution in [0.2, 0.25) is 0 Å². The topological polar surface area (TPSA) is 105 Å². The second-order valence-electron chi connectivity index (χ2n) is 6.71. The zero-order chi connectivity index (χ0) is 23.1. The van der Waals surface area contributed by atoms with Crippen molar-refractivity contribution in [2.75, 3.05) is 12.4 Å². The van der Waals surface area contributed by atoms with E-state index < -0.39 is 16.0 Å². The molecule has 0 atom stereocenters. The number of nitriles is 1. The van der Waals surface area contributed by atoms with Crippen LogP contribution >= 0.6 is 0 Å². The average Bonchev–Trinajstić information content (AvgIpc) is 2.78. The zero-order valence-corrected chi connectivity index (χ0v) is 18.2. The second-order valence-corrected chi connectivity index (χ2v) is 8.26. The van der Waals surface area contributed by atoms with E-state index >= 15 is 0 Å². The van der Waals surface area contributed by atoms with Crippen LogP contribution < -0.4 is 14.2 Å². The van der Waals surface area contributed by atoms with Crippen LogP contribution in [0.25, 0.3) is 6.08 Å². The third-order valence-electron chi connectivity index (χ3n) is 4.45. The Bertz CT molecular complexity index is 1310. The number of nitrogens with one attached hydrogen (secondary N) is 1. The molecular formula is C24H20N2O5S. The van der Waals surface area contributed by atoms with E-state index in [2.05, 4.69) is 5.32 Å². The van der Waals surface area contributed by atoms with Crippen molar-refractivity contribution in [2.24, 2.45) is 0 Å². The molecule has 1 amide bonds. The van der Waals surface area contributed by atoms with Crippen LogP contribution in [0.3, 0.4) is 0 Å². The Labute approximate surface area is 186 Å². The number of nitrogens with zero attached hydrogens (tertiary/aromatic N) is 1. The number of rotatable bonds is 7. The lowest BCUT2D eigenvalue weighted by atomic mass is 10.1. The summed E-state index contributed by atoms with van der Waals surface area (Å²) in [5.41, 5.74) is 1.33. The second kappa shape index (κ2) is 9.81. The molecule has 162 valence electrons. The number of amides is 1. The Hall–Kier alpha value is -4.09. The molecule has 0 unspecified atom stereocenters. The number of para-hydroxylation sites is 3. The average molecular weight is 449 g/mol. The molecule has 0 radical (unpaired) electrons. The van der Waals surface area contributed by atoms with Gasteiger partial charge in [-0.2, -0.15) is 13.7 Å². The van der Waals surface area contributed by atoms with E-state index in [1.807, 2.05) is 13.0 Å². The molecule has 0 spiro atoms. The lowest BCUT2D eigenvalue weighted by Crippen LogP contribution is -2.14. The fourth-order valence-corrected chi connectivity index (χ4v) is 3.74. The Morgan fingerprint density at radius 3 is 2.25 bits per heavy atom. The summed E-state index contributed by atoms with van der Waals surface area (Å²) in [6.45, 7) is 1.84. The summed E-state index contributed by atoms with van der Waals surface area (Å²) in [5, 5.41) is 12.1. The first kappa shape index (κ1) is 22.6. The van der Waals surface area contributed by atoms with Gasteiger partial charge in [0.25, 0.3) is 5.91 Å². The van der Waals surface area contributed by atoms with Crippen molar-refractivity contribution < 1.29 is 22.1 Å². The molecule has 0 saturated carbocycles. The Morgan fingerprint density at radius 1 is 0.969 bits per heavy atom. The van der Waals surface area contributed by atoms with Crippen molar-refractivity contribution in [3.63, 3.8) is 0 Å². The monoisotopic (exact) mass is 448 g/mol. The summed E-state index contributed by atoms with van der Waals surface area (Å²) in [6, 6.07) is 21.1. The van der Waals surface area contributed by atoms with Gasteiger partial charge in [0, 0.05) is 5.56 Å². The predicted octanol–water partition coefficient (Wildman–Crippen LogP) is 4.32. The minimum Gasteiger partial charge on any atom is -0.495 e. The molecule has 3 aromatic rings. The number of aryl methyl sites for hydroxylation is 1.